The molecule has 12 heteroatoms. The summed E-state index contributed by atoms with van der Waals surface area (Å²) in [6.45, 7) is 2.33. The van der Waals surface area contributed by atoms with Crippen molar-refractivity contribution in [2.75, 3.05) is 37.0 Å². The Hall–Kier alpha value is -4.58. The van der Waals surface area contributed by atoms with Gasteiger partial charge in [-0.2, -0.15) is 4.98 Å². The van der Waals surface area contributed by atoms with E-state index in [2.05, 4.69) is 39.4 Å². The molecule has 1 N–H and O–H groups in total. The molecule has 1 saturated carbocycles. The van der Waals surface area contributed by atoms with Crippen molar-refractivity contribution in [1.29, 1.82) is 0 Å². The van der Waals surface area contributed by atoms with Crippen molar-refractivity contribution >= 4 is 34.4 Å². The van der Waals surface area contributed by atoms with Crippen LogP contribution in [-0.4, -0.2) is 61.9 Å². The number of amides is 1. The molecule has 0 unspecified atom stereocenters. The van der Waals surface area contributed by atoms with Gasteiger partial charge in [-0.25, -0.2) is 23.7 Å². The van der Waals surface area contributed by atoms with E-state index in [0.29, 0.717) is 25.3 Å². The number of halogens is 1. The van der Waals surface area contributed by atoms with Crippen LogP contribution in [-0.2, 0) is 23.3 Å². The number of nitrogens with zero attached hydrogens (tertiary/aromatic N) is 7. The minimum Gasteiger partial charge on any atom is -0.477 e. The molecule has 1 aliphatic carbocycles. The highest BCUT2D eigenvalue weighted by Crippen LogP contribution is 2.52. The first kappa shape index (κ1) is 25.2. The Labute approximate surface area is 240 Å². The number of benzene rings is 1. The summed E-state index contributed by atoms with van der Waals surface area (Å²) in [7, 11) is 2.15. The lowest BCUT2D eigenvalue weighted by atomic mass is 9.87. The van der Waals surface area contributed by atoms with Crippen molar-refractivity contribution in [2.45, 2.75) is 44.2 Å². The lowest BCUT2D eigenvalue weighted by Gasteiger charge is -2.32. The Morgan fingerprint density at radius 1 is 1.12 bits per heavy atom. The summed E-state index contributed by atoms with van der Waals surface area (Å²) in [6.07, 6.45) is 9.12. The summed E-state index contributed by atoms with van der Waals surface area (Å²) in [5.41, 5.74) is 3.80. The van der Waals surface area contributed by atoms with E-state index in [0.717, 1.165) is 18.8 Å². The van der Waals surface area contributed by atoms with Gasteiger partial charge in [0.25, 0.3) is 11.5 Å². The van der Waals surface area contributed by atoms with Crippen LogP contribution in [0.1, 0.15) is 36.8 Å². The second kappa shape index (κ2) is 9.21. The van der Waals surface area contributed by atoms with E-state index in [1.54, 1.807) is 0 Å². The molecule has 42 heavy (non-hydrogen) atoms. The Morgan fingerprint density at radius 3 is 2.86 bits per heavy atom. The van der Waals surface area contributed by atoms with Gasteiger partial charge in [0.1, 0.15) is 5.39 Å². The summed E-state index contributed by atoms with van der Waals surface area (Å²) in [5, 5.41) is 3.58. The molecule has 0 radical (unpaired) electrons. The molecular formula is C30H29FN8O3. The number of carbonyl (C=O) groups excluding carboxylic acids is 1. The van der Waals surface area contributed by atoms with Crippen LogP contribution < -0.4 is 20.5 Å². The maximum absolute atomic E-state index is 15.4. The van der Waals surface area contributed by atoms with Gasteiger partial charge in [0, 0.05) is 43.0 Å². The zero-order chi connectivity index (χ0) is 28.6. The van der Waals surface area contributed by atoms with Crippen molar-refractivity contribution in [3.63, 3.8) is 0 Å². The number of ether oxygens (including phenoxy) is 1. The Bertz CT molecular complexity index is 1870. The number of rotatable bonds is 2. The van der Waals surface area contributed by atoms with Gasteiger partial charge in [0.05, 0.1) is 6.54 Å². The maximum Gasteiger partial charge on any atom is 0.278 e. The largest absolute Gasteiger partial charge is 0.477 e. The molecule has 4 aromatic rings. The van der Waals surface area contributed by atoms with E-state index >= 15 is 4.39 Å². The highest BCUT2D eigenvalue weighted by Gasteiger charge is 2.48. The Balaban J connectivity index is 1.25. The zero-order valence-electron chi connectivity index (χ0n) is 23.1. The summed E-state index contributed by atoms with van der Waals surface area (Å²) in [4.78, 5) is 43.9. The first-order valence-electron chi connectivity index (χ1n) is 14.3. The second-order valence-corrected chi connectivity index (χ2v) is 11.6. The minimum atomic E-state index is -0.666. The fourth-order valence-corrected chi connectivity index (χ4v) is 6.58. The number of hydrogen-bond acceptors (Lipinski definition) is 8. The average molecular weight is 569 g/mol. The molecule has 1 spiro atoms. The van der Waals surface area contributed by atoms with Gasteiger partial charge >= 0.3 is 0 Å². The molecule has 1 aromatic carbocycles. The van der Waals surface area contributed by atoms with Crippen LogP contribution in [0.5, 0.6) is 5.75 Å². The van der Waals surface area contributed by atoms with Gasteiger partial charge in [-0.05, 0) is 56.0 Å². The van der Waals surface area contributed by atoms with Crippen molar-refractivity contribution in [3.8, 4) is 11.6 Å². The van der Waals surface area contributed by atoms with Crippen LogP contribution in [0.15, 0.2) is 47.4 Å². The number of allylic oxidation sites excluding steroid dienone is 2. The van der Waals surface area contributed by atoms with Gasteiger partial charge in [-0.15, -0.1) is 0 Å². The lowest BCUT2D eigenvalue weighted by molar-refractivity contribution is -0.121. The summed E-state index contributed by atoms with van der Waals surface area (Å²) in [6, 6.07) is 7.60. The Morgan fingerprint density at radius 2 is 2.00 bits per heavy atom. The first-order chi connectivity index (χ1) is 20.4. The molecule has 0 atom stereocenters. The van der Waals surface area contributed by atoms with Crippen LogP contribution in [0.2, 0.25) is 0 Å². The number of likely N-dealkylation sites (N-methyl/N-ethyl adjacent to an activating group) is 1. The highest BCUT2D eigenvalue weighted by atomic mass is 19.1. The normalized spacial score (nSPS) is 19.1. The summed E-state index contributed by atoms with van der Waals surface area (Å²) < 4.78 is 23.8. The molecular weight excluding hydrogens is 539 g/mol. The molecule has 3 aliphatic heterocycles. The average Bonchev–Trinajstić information content (AvgIpc) is 3.66. The molecule has 6 heterocycles. The fourth-order valence-electron chi connectivity index (χ4n) is 6.58. The fraction of sp³-hybridized carbons (Fsp3) is 0.367. The maximum atomic E-state index is 15.4. The molecule has 1 fully saturated rings. The molecule has 1 amide bonds. The number of nitrogens with one attached hydrogen (secondary N) is 1. The molecule has 0 saturated heterocycles. The Kier molecular flexibility index (Phi) is 5.52. The molecule has 11 nitrogen and oxygen atoms in total. The van der Waals surface area contributed by atoms with Crippen LogP contribution in [0.25, 0.3) is 16.9 Å². The minimum absolute atomic E-state index is 0.0701. The third-order valence-electron chi connectivity index (χ3n) is 8.68. The van der Waals surface area contributed by atoms with Gasteiger partial charge in [0.15, 0.2) is 35.5 Å². The molecule has 8 rings (SSSR count). The molecule has 214 valence electrons. The van der Waals surface area contributed by atoms with Crippen molar-refractivity contribution in [3.05, 3.63) is 69.9 Å². The summed E-state index contributed by atoms with van der Waals surface area (Å²) in [5.74, 6) is -0.507. The number of carbonyl (C=O) groups is 1. The monoisotopic (exact) mass is 568 g/mol. The number of aromatic nitrogens is 5. The SMILES string of the molecule is CN1Cc2cc(Nc3ncc4c(=O)n5n(c4n3)-c3cc(F)c4c(n3)N(CCCC=CC5)C(=O)CO4)ccc2C2(CC2)C1. The van der Waals surface area contributed by atoms with Crippen LogP contribution in [0.3, 0.4) is 0 Å². The smallest absolute Gasteiger partial charge is 0.278 e. The molecule has 3 aromatic heterocycles. The molecule has 4 aliphatic rings. The second-order valence-electron chi connectivity index (χ2n) is 11.6. The highest BCUT2D eigenvalue weighted by molar-refractivity contribution is 5.97. The number of hydrogen-bond donors (Lipinski definition) is 1. The van der Waals surface area contributed by atoms with Gasteiger partial charge in [0.2, 0.25) is 5.95 Å². The van der Waals surface area contributed by atoms with Crippen LogP contribution in [0.4, 0.5) is 21.8 Å². The van der Waals surface area contributed by atoms with E-state index < -0.39 is 5.82 Å². The van der Waals surface area contributed by atoms with Crippen molar-refractivity contribution in [1.82, 2.24) is 29.2 Å². The quantitative estimate of drug-likeness (QED) is 0.367. The standard InChI is InChI=1S/C30H29FN8O3/c1-36-15-18-12-19(6-7-21(18)30(17-36)8-9-30)33-29-32-14-20-26(35-29)39-23-13-22(31)25-27(34-23)37(24(40)16-42-25)10-4-2-3-5-11-38(39)28(20)41/h3,5-7,12-14H,2,4,8-11,15-17H2,1H3,(H,32,33,35). The number of anilines is 3. The topological polar surface area (TPSA) is 110 Å². The van der Waals surface area contributed by atoms with E-state index in [4.69, 9.17) is 9.72 Å². The first-order valence-corrected chi connectivity index (χ1v) is 14.3. The van der Waals surface area contributed by atoms with Gasteiger partial charge < -0.3 is 15.0 Å². The van der Waals surface area contributed by atoms with Crippen molar-refractivity contribution < 1.29 is 13.9 Å². The predicted molar refractivity (Wildman–Crippen MR) is 154 cm³/mol. The third kappa shape index (κ3) is 3.92. The predicted octanol–water partition coefficient (Wildman–Crippen LogP) is 3.41. The number of pyridine rings is 1. The van der Waals surface area contributed by atoms with E-state index in [-0.39, 0.29) is 58.5 Å². The van der Waals surface area contributed by atoms with Gasteiger partial charge in [-0.1, -0.05) is 18.2 Å². The lowest BCUT2D eigenvalue weighted by Crippen LogP contribution is -2.40. The van der Waals surface area contributed by atoms with Gasteiger partial charge in [-0.3, -0.25) is 14.5 Å². The van der Waals surface area contributed by atoms with E-state index in [1.165, 1.54) is 50.5 Å². The van der Waals surface area contributed by atoms with Crippen LogP contribution in [0, 0.1) is 5.82 Å². The van der Waals surface area contributed by atoms with Crippen molar-refractivity contribution in [2.24, 2.45) is 0 Å². The van der Waals surface area contributed by atoms with Crippen LogP contribution >= 0.6 is 0 Å². The summed E-state index contributed by atoms with van der Waals surface area (Å²) >= 11 is 0. The van der Waals surface area contributed by atoms with E-state index in [9.17, 15) is 9.59 Å². The number of fused-ring (bicyclic) bond motifs is 7. The third-order valence-corrected chi connectivity index (χ3v) is 8.68. The molecule has 2 bridgehead atoms. The zero-order valence-corrected chi connectivity index (χ0v) is 23.1. The van der Waals surface area contributed by atoms with E-state index in [1.807, 2.05) is 18.2 Å².